The molecule has 1 saturated heterocycles. The predicted molar refractivity (Wildman–Crippen MR) is 167 cm³/mol. The molecule has 1 aliphatic heterocycles. The molecule has 5 atom stereocenters. The molecule has 2 aromatic rings. The number of nitrogens with two attached hydrogens (primary N) is 1. The molecule has 1 amide bonds. The van der Waals surface area contributed by atoms with Crippen molar-refractivity contribution in [1.29, 1.82) is 0 Å². The second-order valence-corrected chi connectivity index (χ2v) is 11.5. The van der Waals surface area contributed by atoms with Crippen LogP contribution in [0.5, 0.6) is 11.6 Å². The lowest BCUT2D eigenvalue weighted by atomic mass is 9.96. The van der Waals surface area contributed by atoms with Gasteiger partial charge in [-0.1, -0.05) is 19.9 Å². The largest absolute Gasteiger partial charge is 0.492 e. The molecule has 0 unspecified atom stereocenters. The monoisotopic (exact) mass is 676 g/mol. The van der Waals surface area contributed by atoms with Crippen LogP contribution in [-0.2, 0) is 54.1 Å². The fourth-order valence-electron chi connectivity index (χ4n) is 5.10. The van der Waals surface area contributed by atoms with Gasteiger partial charge in [-0.05, 0) is 36.1 Å². The molecule has 1 aliphatic rings. The summed E-state index contributed by atoms with van der Waals surface area (Å²) in [5.74, 6) is -2.57. The highest BCUT2D eigenvalue weighted by Crippen LogP contribution is 2.34. The molecule has 264 valence electrons. The number of amides is 1. The number of carbonyl (C=O) groups excluding carboxylic acids is 5. The standard InChI is InChI=1S/C32H44N4O12/c1-16(2)27-24(13-22-8-9-23(12-17(22)3)42-11-10-34-14-26(33)41)31(36-35-27)48-32-30(46-21(7)40)29(45-20(6)39)28(44-19(5)38)25(47-32)15-43-18(4)37/h8-9,12,16,25,28-30,32,34H,10-11,13-15H2,1-7H3,(H2,33,41)(H,35,36)/t25-,28-,29+,30-,32+/m1/s1. The summed E-state index contributed by atoms with van der Waals surface area (Å²) in [4.78, 5) is 59.1. The molecule has 0 saturated carbocycles. The van der Waals surface area contributed by atoms with Crippen molar-refractivity contribution in [3.8, 4) is 11.6 Å². The van der Waals surface area contributed by atoms with E-state index in [2.05, 4.69) is 15.5 Å². The van der Waals surface area contributed by atoms with Gasteiger partial charge in [0.1, 0.15) is 25.1 Å². The Balaban J connectivity index is 1.94. The van der Waals surface area contributed by atoms with Gasteiger partial charge in [0.2, 0.25) is 24.2 Å². The third-order valence-corrected chi connectivity index (χ3v) is 7.14. The molecule has 0 bridgehead atoms. The molecule has 3 rings (SSSR count). The van der Waals surface area contributed by atoms with Crippen LogP contribution in [-0.4, -0.2) is 97.0 Å². The Kier molecular flexibility index (Phi) is 13.7. The third-order valence-electron chi connectivity index (χ3n) is 7.14. The van der Waals surface area contributed by atoms with Gasteiger partial charge < -0.3 is 44.2 Å². The summed E-state index contributed by atoms with van der Waals surface area (Å²) < 4.78 is 39.8. The topological polar surface area (TPSA) is 217 Å². The fourth-order valence-corrected chi connectivity index (χ4v) is 5.10. The first-order valence-corrected chi connectivity index (χ1v) is 15.4. The maximum absolute atomic E-state index is 12.3. The van der Waals surface area contributed by atoms with Gasteiger partial charge >= 0.3 is 23.9 Å². The van der Waals surface area contributed by atoms with Gasteiger partial charge in [0.15, 0.2) is 12.2 Å². The second-order valence-electron chi connectivity index (χ2n) is 11.5. The van der Waals surface area contributed by atoms with E-state index in [4.69, 9.17) is 38.9 Å². The molecule has 0 radical (unpaired) electrons. The van der Waals surface area contributed by atoms with Gasteiger partial charge in [-0.3, -0.25) is 29.1 Å². The van der Waals surface area contributed by atoms with Crippen LogP contribution in [0.4, 0.5) is 0 Å². The molecule has 4 N–H and O–H groups in total. The minimum absolute atomic E-state index is 0.00365. The smallest absolute Gasteiger partial charge is 0.303 e. The van der Waals surface area contributed by atoms with Crippen LogP contribution >= 0.6 is 0 Å². The van der Waals surface area contributed by atoms with Gasteiger partial charge in [0.25, 0.3) is 0 Å². The summed E-state index contributed by atoms with van der Waals surface area (Å²) in [6, 6.07) is 5.63. The molecule has 0 aliphatic carbocycles. The van der Waals surface area contributed by atoms with E-state index in [1.165, 1.54) is 6.92 Å². The van der Waals surface area contributed by atoms with Crippen LogP contribution in [0, 0.1) is 6.92 Å². The lowest BCUT2D eigenvalue weighted by Gasteiger charge is -2.43. The molecule has 1 aromatic carbocycles. The fraction of sp³-hybridized carbons (Fsp3) is 0.562. The van der Waals surface area contributed by atoms with E-state index < -0.39 is 67.1 Å². The number of rotatable bonds is 16. The average Bonchev–Trinajstić information content (AvgIpc) is 3.37. The van der Waals surface area contributed by atoms with E-state index in [9.17, 15) is 24.0 Å². The second kappa shape index (κ2) is 17.5. The maximum Gasteiger partial charge on any atom is 0.303 e. The number of hydrogen-bond donors (Lipinski definition) is 3. The summed E-state index contributed by atoms with van der Waals surface area (Å²) in [6.07, 6.45) is -6.35. The van der Waals surface area contributed by atoms with Gasteiger partial charge in [-0.2, -0.15) is 0 Å². The maximum atomic E-state index is 12.3. The van der Waals surface area contributed by atoms with Gasteiger partial charge in [-0.15, -0.1) is 5.10 Å². The van der Waals surface area contributed by atoms with Crippen LogP contribution in [0.3, 0.4) is 0 Å². The van der Waals surface area contributed by atoms with E-state index in [0.29, 0.717) is 30.9 Å². The number of carbonyl (C=O) groups is 5. The first kappa shape index (κ1) is 37.8. The highest BCUT2D eigenvalue weighted by atomic mass is 16.7. The molecule has 1 fully saturated rings. The van der Waals surface area contributed by atoms with Gasteiger partial charge in [0.05, 0.1) is 6.54 Å². The molecule has 1 aromatic heterocycles. The number of nitrogens with one attached hydrogen (secondary N) is 2. The van der Waals surface area contributed by atoms with Crippen LogP contribution in [0.1, 0.15) is 69.8 Å². The number of aryl methyl sites for hydroxylation is 1. The predicted octanol–water partition coefficient (Wildman–Crippen LogP) is 1.35. The highest BCUT2D eigenvalue weighted by Gasteiger charge is 2.53. The Morgan fingerprint density at radius 1 is 0.958 bits per heavy atom. The van der Waals surface area contributed by atoms with Crippen LogP contribution in [0.25, 0.3) is 0 Å². The van der Waals surface area contributed by atoms with E-state index in [-0.39, 0.29) is 18.3 Å². The Morgan fingerprint density at radius 2 is 1.60 bits per heavy atom. The molecule has 0 spiro atoms. The quantitative estimate of drug-likeness (QED) is 0.130. The first-order chi connectivity index (χ1) is 22.7. The Morgan fingerprint density at radius 3 is 2.19 bits per heavy atom. The summed E-state index contributed by atoms with van der Waals surface area (Å²) in [5.41, 5.74) is 8.45. The highest BCUT2D eigenvalue weighted by molar-refractivity contribution is 5.75. The lowest BCUT2D eigenvalue weighted by Crippen LogP contribution is -2.63. The number of aromatic nitrogens is 2. The molecule has 16 nitrogen and oxygen atoms in total. The van der Waals surface area contributed by atoms with E-state index in [1.807, 2.05) is 39.0 Å². The number of primary amides is 1. The molecule has 2 heterocycles. The third kappa shape index (κ3) is 10.9. The summed E-state index contributed by atoms with van der Waals surface area (Å²) in [5, 5.41) is 10.3. The minimum atomic E-state index is -1.44. The van der Waals surface area contributed by atoms with Crippen molar-refractivity contribution >= 4 is 29.8 Å². The number of aromatic amines is 1. The first-order valence-electron chi connectivity index (χ1n) is 15.4. The SMILES string of the molecule is CC(=O)OC[C@H]1O[C@@H](Oc2n[nH]c(C(C)C)c2Cc2ccc(OCCNCC(N)=O)cc2C)[C@H](OC(C)=O)[C@@H](OC(C)=O)[C@@H]1OC(C)=O. The number of ether oxygens (including phenoxy) is 7. The van der Waals surface area contributed by atoms with Crippen molar-refractivity contribution < 1.29 is 57.1 Å². The van der Waals surface area contributed by atoms with Gasteiger partial charge in [0, 0.05) is 51.9 Å². The normalized spacial score (nSPS) is 20.5. The number of H-pyrrole nitrogens is 1. The Hall–Kier alpha value is -4.70. The minimum Gasteiger partial charge on any atom is -0.492 e. The average molecular weight is 677 g/mol. The Bertz CT molecular complexity index is 1460. The summed E-state index contributed by atoms with van der Waals surface area (Å²) in [7, 11) is 0. The zero-order chi connectivity index (χ0) is 35.5. The zero-order valence-corrected chi connectivity index (χ0v) is 28.2. The Labute approximate surface area is 278 Å². The number of esters is 4. The molecule has 48 heavy (non-hydrogen) atoms. The van der Waals surface area contributed by atoms with Crippen molar-refractivity contribution in [2.45, 2.75) is 91.5 Å². The zero-order valence-electron chi connectivity index (χ0n) is 28.2. The number of nitrogens with zero attached hydrogens (tertiary/aromatic N) is 1. The summed E-state index contributed by atoms with van der Waals surface area (Å²) in [6.45, 7) is 11.0. The number of benzene rings is 1. The van der Waals surface area contributed by atoms with E-state index in [1.54, 1.807) is 0 Å². The van der Waals surface area contributed by atoms with Crippen molar-refractivity contribution in [3.05, 3.63) is 40.6 Å². The van der Waals surface area contributed by atoms with Crippen molar-refractivity contribution in [1.82, 2.24) is 15.5 Å². The lowest BCUT2D eigenvalue weighted by molar-refractivity contribution is -0.289. The van der Waals surface area contributed by atoms with Crippen molar-refractivity contribution in [3.63, 3.8) is 0 Å². The molecular weight excluding hydrogens is 632 g/mol. The van der Waals surface area contributed by atoms with Crippen LogP contribution in [0.2, 0.25) is 0 Å². The summed E-state index contributed by atoms with van der Waals surface area (Å²) >= 11 is 0. The van der Waals surface area contributed by atoms with E-state index in [0.717, 1.165) is 37.6 Å². The van der Waals surface area contributed by atoms with Crippen LogP contribution < -0.4 is 20.5 Å². The molecule has 16 heteroatoms. The molecular formula is C32H44N4O12. The van der Waals surface area contributed by atoms with E-state index >= 15 is 0 Å². The van der Waals surface area contributed by atoms with Crippen LogP contribution in [0.15, 0.2) is 18.2 Å². The van der Waals surface area contributed by atoms with Crippen molar-refractivity contribution in [2.24, 2.45) is 5.73 Å². The van der Waals surface area contributed by atoms with Crippen molar-refractivity contribution in [2.75, 3.05) is 26.3 Å². The van der Waals surface area contributed by atoms with Gasteiger partial charge in [-0.25, -0.2) is 0 Å². The number of hydrogen-bond acceptors (Lipinski definition) is 14.